The van der Waals surface area contributed by atoms with Crippen molar-refractivity contribution in [1.82, 2.24) is 18.8 Å². The second kappa shape index (κ2) is 4.48. The lowest BCUT2D eigenvalue weighted by Gasteiger charge is -2.06. The summed E-state index contributed by atoms with van der Waals surface area (Å²) in [5, 5.41) is 0.886. The Morgan fingerprint density at radius 2 is 1.12 bits per heavy atom. The Labute approximate surface area is 134 Å². The molecule has 1 aromatic carbocycles. The summed E-state index contributed by atoms with van der Waals surface area (Å²) < 4.78 is 2.98. The van der Waals surface area contributed by atoms with Crippen molar-refractivity contribution < 1.29 is 0 Å². The molecule has 24 heavy (non-hydrogen) atoms. The van der Waals surface area contributed by atoms with Gasteiger partial charge in [-0.3, -0.25) is 18.4 Å². The highest BCUT2D eigenvalue weighted by molar-refractivity contribution is 5.95. The predicted octanol–water partition coefficient (Wildman–Crippen LogP) is 2.01. The van der Waals surface area contributed by atoms with Crippen molar-refractivity contribution in [3.8, 4) is 0 Å². The Hall–Kier alpha value is -3.54. The van der Waals surface area contributed by atoms with Gasteiger partial charge in [-0.15, -0.1) is 0 Å². The van der Waals surface area contributed by atoms with Crippen LogP contribution in [0.25, 0.3) is 33.1 Å². The first-order chi connectivity index (χ1) is 11.7. The molecule has 114 valence electrons. The van der Waals surface area contributed by atoms with E-state index in [1.54, 1.807) is 48.8 Å². The van der Waals surface area contributed by atoms with Crippen molar-refractivity contribution in [3.05, 3.63) is 81.6 Å². The Kier molecular flexibility index (Phi) is 2.42. The number of hydrogen-bond donors (Lipinski definition) is 0. The summed E-state index contributed by atoms with van der Waals surface area (Å²) in [5.41, 5.74) is 1.73. The molecule has 0 spiro atoms. The molecular weight excluding hydrogens is 304 g/mol. The third-order valence-corrected chi connectivity index (χ3v) is 4.16. The molecule has 4 heterocycles. The van der Waals surface area contributed by atoms with Crippen molar-refractivity contribution in [2.24, 2.45) is 0 Å². The third-order valence-electron chi connectivity index (χ3n) is 4.16. The first-order valence-electron chi connectivity index (χ1n) is 7.45. The number of fused-ring (bicyclic) bond motifs is 4. The van der Waals surface area contributed by atoms with Crippen LogP contribution in [0.5, 0.6) is 0 Å². The Balaban J connectivity index is 2.05. The van der Waals surface area contributed by atoms with Gasteiger partial charge < -0.3 is 0 Å². The molecule has 5 aromatic rings. The molecule has 0 unspecified atom stereocenters. The number of aromatic nitrogens is 4. The van der Waals surface area contributed by atoms with Crippen LogP contribution in [0, 0.1) is 0 Å². The van der Waals surface area contributed by atoms with Crippen molar-refractivity contribution in [2.75, 3.05) is 0 Å². The molecule has 0 fully saturated rings. The van der Waals surface area contributed by atoms with Gasteiger partial charge in [0.05, 0.1) is 21.8 Å². The standard InChI is InChI=1S/C18H10N4O2/c23-17-11-10-14-12(18(24)22-8-4-2-6-16(22)20-14)9-13(11)19-15-5-1-3-7-21(15)17/h1-10H. The molecule has 0 saturated heterocycles. The minimum Gasteiger partial charge on any atom is -0.268 e. The Morgan fingerprint density at radius 3 is 1.58 bits per heavy atom. The van der Waals surface area contributed by atoms with Crippen LogP contribution in [0.3, 0.4) is 0 Å². The van der Waals surface area contributed by atoms with Gasteiger partial charge in [0.1, 0.15) is 11.3 Å². The highest BCUT2D eigenvalue weighted by Crippen LogP contribution is 2.17. The number of hydrogen-bond acceptors (Lipinski definition) is 4. The maximum Gasteiger partial charge on any atom is 0.265 e. The van der Waals surface area contributed by atoms with Crippen LogP contribution in [0.4, 0.5) is 0 Å². The van der Waals surface area contributed by atoms with Crippen LogP contribution in [0.2, 0.25) is 0 Å². The number of rotatable bonds is 0. The quantitative estimate of drug-likeness (QED) is 0.410. The van der Waals surface area contributed by atoms with Crippen LogP contribution < -0.4 is 11.1 Å². The molecule has 0 amide bonds. The lowest BCUT2D eigenvalue weighted by atomic mass is 10.1. The fourth-order valence-electron chi connectivity index (χ4n) is 3.00. The lowest BCUT2D eigenvalue weighted by molar-refractivity contribution is 1.07. The first kappa shape index (κ1) is 13.0. The van der Waals surface area contributed by atoms with Gasteiger partial charge in [-0.05, 0) is 36.4 Å². The zero-order valence-corrected chi connectivity index (χ0v) is 12.4. The fourth-order valence-corrected chi connectivity index (χ4v) is 3.00. The highest BCUT2D eigenvalue weighted by atomic mass is 16.1. The second-order valence-electron chi connectivity index (χ2n) is 5.58. The average molecular weight is 314 g/mol. The third kappa shape index (κ3) is 1.65. The van der Waals surface area contributed by atoms with Gasteiger partial charge in [0.25, 0.3) is 11.1 Å². The summed E-state index contributed by atoms with van der Waals surface area (Å²) in [4.78, 5) is 34.4. The predicted molar refractivity (Wildman–Crippen MR) is 91.5 cm³/mol. The average Bonchev–Trinajstić information content (AvgIpc) is 2.62. The molecule has 4 aromatic heterocycles. The van der Waals surface area contributed by atoms with E-state index in [2.05, 4.69) is 9.97 Å². The maximum absolute atomic E-state index is 12.7. The molecule has 0 radical (unpaired) electrons. The first-order valence-corrected chi connectivity index (χ1v) is 7.45. The fraction of sp³-hybridized carbons (Fsp3) is 0. The van der Waals surface area contributed by atoms with Gasteiger partial charge in [0.2, 0.25) is 0 Å². The van der Waals surface area contributed by atoms with Crippen molar-refractivity contribution >= 4 is 33.1 Å². The normalized spacial score (nSPS) is 11.7. The SMILES string of the molecule is O=c1c2cc3nc4ccccn4c(=O)c3cc2nc2ccccn12. The van der Waals surface area contributed by atoms with E-state index in [1.165, 1.54) is 8.80 Å². The maximum atomic E-state index is 12.7. The van der Waals surface area contributed by atoms with Gasteiger partial charge in [-0.25, -0.2) is 9.97 Å². The molecule has 0 saturated carbocycles. The van der Waals surface area contributed by atoms with E-state index in [0.29, 0.717) is 33.1 Å². The highest BCUT2D eigenvalue weighted by Gasteiger charge is 2.11. The minimum atomic E-state index is -0.174. The van der Waals surface area contributed by atoms with Crippen LogP contribution in [-0.2, 0) is 0 Å². The summed E-state index contributed by atoms with van der Waals surface area (Å²) in [6, 6.07) is 14.0. The zero-order chi connectivity index (χ0) is 16.3. The van der Waals surface area contributed by atoms with E-state index in [0.717, 1.165) is 0 Å². The molecular formula is C18H10N4O2. The van der Waals surface area contributed by atoms with E-state index in [4.69, 9.17) is 0 Å². The smallest absolute Gasteiger partial charge is 0.265 e. The molecule has 5 rings (SSSR count). The van der Waals surface area contributed by atoms with Gasteiger partial charge in [-0.2, -0.15) is 0 Å². The van der Waals surface area contributed by atoms with Gasteiger partial charge in [0.15, 0.2) is 0 Å². The van der Waals surface area contributed by atoms with Crippen LogP contribution in [0.15, 0.2) is 70.5 Å². The van der Waals surface area contributed by atoms with Gasteiger partial charge in [0, 0.05) is 12.4 Å². The number of nitrogens with zero attached hydrogens (tertiary/aromatic N) is 4. The van der Waals surface area contributed by atoms with E-state index < -0.39 is 0 Å². The Morgan fingerprint density at radius 1 is 0.667 bits per heavy atom. The van der Waals surface area contributed by atoms with Crippen molar-refractivity contribution in [3.63, 3.8) is 0 Å². The lowest BCUT2D eigenvalue weighted by Crippen LogP contribution is -2.17. The van der Waals surface area contributed by atoms with E-state index in [1.807, 2.05) is 12.1 Å². The topological polar surface area (TPSA) is 68.7 Å². The molecule has 0 atom stereocenters. The van der Waals surface area contributed by atoms with E-state index >= 15 is 0 Å². The molecule has 6 nitrogen and oxygen atoms in total. The van der Waals surface area contributed by atoms with Crippen LogP contribution >= 0.6 is 0 Å². The summed E-state index contributed by atoms with van der Waals surface area (Å²) in [7, 11) is 0. The molecule has 0 N–H and O–H groups in total. The summed E-state index contributed by atoms with van der Waals surface area (Å²) in [6.45, 7) is 0. The summed E-state index contributed by atoms with van der Waals surface area (Å²) in [5.74, 6) is 0. The second-order valence-corrected chi connectivity index (χ2v) is 5.58. The largest absolute Gasteiger partial charge is 0.268 e. The van der Waals surface area contributed by atoms with Crippen molar-refractivity contribution in [2.45, 2.75) is 0 Å². The summed E-state index contributed by atoms with van der Waals surface area (Å²) >= 11 is 0. The Bertz CT molecular complexity index is 1290. The monoisotopic (exact) mass is 314 g/mol. The van der Waals surface area contributed by atoms with Gasteiger partial charge in [-0.1, -0.05) is 12.1 Å². The summed E-state index contributed by atoms with van der Waals surface area (Å²) in [6.07, 6.45) is 3.36. The number of pyridine rings is 2. The molecule has 0 bridgehead atoms. The molecule has 6 heteroatoms. The molecule has 0 aliphatic heterocycles. The van der Waals surface area contributed by atoms with E-state index in [-0.39, 0.29) is 11.1 Å². The molecule has 0 aliphatic carbocycles. The zero-order valence-electron chi connectivity index (χ0n) is 12.4. The van der Waals surface area contributed by atoms with Crippen molar-refractivity contribution in [1.29, 1.82) is 0 Å². The van der Waals surface area contributed by atoms with Gasteiger partial charge >= 0.3 is 0 Å². The number of benzene rings is 1. The van der Waals surface area contributed by atoms with Crippen LogP contribution in [0.1, 0.15) is 0 Å². The van der Waals surface area contributed by atoms with Crippen LogP contribution in [-0.4, -0.2) is 18.8 Å². The molecule has 0 aliphatic rings. The minimum absolute atomic E-state index is 0.174. The van der Waals surface area contributed by atoms with E-state index in [9.17, 15) is 9.59 Å².